The number of hydrogen-bond acceptors (Lipinski definition) is 3. The maximum Gasteiger partial charge on any atom is 0.293 e. The van der Waals surface area contributed by atoms with Crippen molar-refractivity contribution in [3.63, 3.8) is 0 Å². The normalized spacial score (nSPS) is 12.1. The van der Waals surface area contributed by atoms with Gasteiger partial charge in [0.1, 0.15) is 0 Å². The Kier molecular flexibility index (Phi) is 2.92. The van der Waals surface area contributed by atoms with Crippen LogP contribution in [-0.4, -0.2) is 18.9 Å². The topological polar surface area (TPSA) is 43.4 Å². The number of aldehydes is 1. The summed E-state index contributed by atoms with van der Waals surface area (Å²) in [6.07, 6.45) is -0.0495. The van der Waals surface area contributed by atoms with Gasteiger partial charge in [-0.25, -0.2) is 0 Å². The van der Waals surface area contributed by atoms with Crippen LogP contribution in [0.1, 0.15) is 6.92 Å². The zero-order valence-corrected chi connectivity index (χ0v) is 3.96. The van der Waals surface area contributed by atoms with Gasteiger partial charge in [0.15, 0.2) is 12.4 Å². The molecular formula is C4H6O3. The lowest BCUT2D eigenvalue weighted by Crippen LogP contribution is -2.06. The third-order valence-corrected chi connectivity index (χ3v) is 0.462. The molecule has 0 aliphatic heterocycles. The molecule has 1 atom stereocenters. The van der Waals surface area contributed by atoms with Crippen LogP contribution in [-0.2, 0) is 14.3 Å². The zero-order valence-electron chi connectivity index (χ0n) is 3.96. The smallest absolute Gasteiger partial charge is 0.293 e. The molecule has 0 aliphatic rings. The Balaban J connectivity index is 3.15. The van der Waals surface area contributed by atoms with E-state index in [1.165, 1.54) is 6.92 Å². The molecule has 0 amide bonds. The third-order valence-electron chi connectivity index (χ3n) is 0.462. The summed E-state index contributed by atoms with van der Waals surface area (Å²) in [7, 11) is 0. The monoisotopic (exact) mass is 102 g/mol. The summed E-state index contributed by atoms with van der Waals surface area (Å²) in [5, 5.41) is 0. The lowest BCUT2D eigenvalue weighted by atomic mass is 10.5. The molecule has 3 heteroatoms. The second-order valence-corrected chi connectivity index (χ2v) is 1.07. The quantitative estimate of drug-likeness (QED) is 0.461. The van der Waals surface area contributed by atoms with Crippen molar-refractivity contribution in [3.8, 4) is 0 Å². The van der Waals surface area contributed by atoms with Gasteiger partial charge in [0.25, 0.3) is 6.47 Å². The van der Waals surface area contributed by atoms with Gasteiger partial charge < -0.3 is 4.74 Å². The van der Waals surface area contributed by atoms with Gasteiger partial charge in [-0.15, -0.1) is 0 Å². The molecule has 0 bridgehead atoms. The van der Waals surface area contributed by atoms with Crippen LogP contribution in [0.3, 0.4) is 0 Å². The van der Waals surface area contributed by atoms with Gasteiger partial charge in [0.05, 0.1) is 0 Å². The molecule has 0 aromatic carbocycles. The number of hydrogen-bond donors (Lipinski definition) is 0. The minimum Gasteiger partial charge on any atom is -0.457 e. The van der Waals surface area contributed by atoms with Crippen molar-refractivity contribution in [1.29, 1.82) is 0 Å². The number of carbonyl (C=O) groups excluding carboxylic acids is 2. The van der Waals surface area contributed by atoms with Crippen molar-refractivity contribution in [3.05, 3.63) is 0 Å². The summed E-state index contributed by atoms with van der Waals surface area (Å²) >= 11 is 0. The molecule has 0 heterocycles. The largest absolute Gasteiger partial charge is 0.457 e. The summed E-state index contributed by atoms with van der Waals surface area (Å²) in [5.74, 6) is 0. The van der Waals surface area contributed by atoms with Crippen molar-refractivity contribution in [2.45, 2.75) is 13.0 Å². The standard InChI is InChI=1S/C4H6O3/c1-4(2-5)7-3-6/h2-4H,1H3/t4-/m0/s1. The minimum absolute atomic E-state index is 0.249. The van der Waals surface area contributed by atoms with Crippen molar-refractivity contribution >= 4 is 12.8 Å². The van der Waals surface area contributed by atoms with E-state index in [2.05, 4.69) is 4.74 Å². The van der Waals surface area contributed by atoms with E-state index in [4.69, 9.17) is 0 Å². The van der Waals surface area contributed by atoms with Crippen LogP contribution in [0.25, 0.3) is 0 Å². The summed E-state index contributed by atoms with van der Waals surface area (Å²) in [4.78, 5) is 19.0. The van der Waals surface area contributed by atoms with Gasteiger partial charge in [0, 0.05) is 0 Å². The van der Waals surface area contributed by atoms with E-state index in [-0.39, 0.29) is 6.47 Å². The highest BCUT2D eigenvalue weighted by Gasteiger charge is 1.92. The molecule has 0 aromatic rings. The zero-order chi connectivity index (χ0) is 5.70. The van der Waals surface area contributed by atoms with Crippen LogP contribution in [0.5, 0.6) is 0 Å². The molecule has 0 aliphatic carbocycles. The van der Waals surface area contributed by atoms with E-state index in [9.17, 15) is 9.59 Å². The van der Waals surface area contributed by atoms with Crippen LogP contribution < -0.4 is 0 Å². The van der Waals surface area contributed by atoms with E-state index in [1.807, 2.05) is 0 Å². The maximum absolute atomic E-state index is 9.61. The molecule has 0 aromatic heterocycles. The van der Waals surface area contributed by atoms with Crippen molar-refractivity contribution < 1.29 is 14.3 Å². The van der Waals surface area contributed by atoms with Crippen molar-refractivity contribution in [2.24, 2.45) is 0 Å². The van der Waals surface area contributed by atoms with Gasteiger partial charge in [-0.2, -0.15) is 0 Å². The second-order valence-electron chi connectivity index (χ2n) is 1.07. The Morgan fingerprint density at radius 1 is 1.57 bits per heavy atom. The number of ether oxygens (including phenoxy) is 1. The molecule has 0 spiro atoms. The first kappa shape index (κ1) is 6.14. The first-order chi connectivity index (χ1) is 3.31. The molecule has 40 valence electrons. The molecule has 0 saturated heterocycles. The Morgan fingerprint density at radius 3 is 2.29 bits per heavy atom. The average molecular weight is 102 g/mol. The second kappa shape index (κ2) is 3.33. The highest BCUT2D eigenvalue weighted by Crippen LogP contribution is 1.77. The van der Waals surface area contributed by atoms with E-state index < -0.39 is 6.10 Å². The van der Waals surface area contributed by atoms with Gasteiger partial charge >= 0.3 is 0 Å². The molecule has 3 nitrogen and oxygen atoms in total. The Bertz CT molecular complexity index is 69.3. The van der Waals surface area contributed by atoms with Crippen LogP contribution in [0.2, 0.25) is 0 Å². The minimum atomic E-state index is -0.600. The van der Waals surface area contributed by atoms with E-state index in [0.29, 0.717) is 6.29 Å². The Hall–Kier alpha value is -0.860. The predicted molar refractivity (Wildman–Crippen MR) is 22.7 cm³/mol. The average Bonchev–Trinajstić information content (AvgIpc) is 1.68. The highest BCUT2D eigenvalue weighted by atomic mass is 16.5. The summed E-state index contributed by atoms with van der Waals surface area (Å²) in [6, 6.07) is 0. The van der Waals surface area contributed by atoms with E-state index >= 15 is 0 Å². The van der Waals surface area contributed by atoms with Crippen LogP contribution in [0.4, 0.5) is 0 Å². The Labute approximate surface area is 41.3 Å². The fourth-order valence-corrected chi connectivity index (χ4v) is 0.120. The molecule has 0 saturated carbocycles. The van der Waals surface area contributed by atoms with Gasteiger partial charge in [-0.05, 0) is 6.92 Å². The molecular weight excluding hydrogens is 96.0 g/mol. The number of rotatable bonds is 3. The molecule has 0 rings (SSSR count). The Morgan fingerprint density at radius 2 is 2.14 bits per heavy atom. The van der Waals surface area contributed by atoms with Crippen LogP contribution in [0, 0.1) is 0 Å². The molecule has 0 fully saturated rings. The lowest BCUT2D eigenvalue weighted by Gasteiger charge is -1.95. The molecule has 0 N–H and O–H groups in total. The molecule has 7 heavy (non-hydrogen) atoms. The summed E-state index contributed by atoms with van der Waals surface area (Å²) < 4.78 is 4.14. The maximum atomic E-state index is 9.61. The van der Waals surface area contributed by atoms with Crippen LogP contribution >= 0.6 is 0 Å². The number of carbonyl (C=O) groups is 2. The van der Waals surface area contributed by atoms with Gasteiger partial charge in [0.2, 0.25) is 0 Å². The van der Waals surface area contributed by atoms with Gasteiger partial charge in [-0.3, -0.25) is 9.59 Å². The van der Waals surface area contributed by atoms with Crippen molar-refractivity contribution in [1.82, 2.24) is 0 Å². The SMILES string of the molecule is C[C@@H](C=O)OC=O. The van der Waals surface area contributed by atoms with E-state index in [1.54, 1.807) is 0 Å². The molecule has 0 radical (unpaired) electrons. The van der Waals surface area contributed by atoms with Crippen LogP contribution in [0.15, 0.2) is 0 Å². The summed E-state index contributed by atoms with van der Waals surface area (Å²) in [6.45, 7) is 1.74. The van der Waals surface area contributed by atoms with E-state index in [0.717, 1.165) is 0 Å². The summed E-state index contributed by atoms with van der Waals surface area (Å²) in [5.41, 5.74) is 0. The lowest BCUT2D eigenvalue weighted by molar-refractivity contribution is -0.137. The predicted octanol–water partition coefficient (Wildman–Crippen LogP) is -0.253. The van der Waals surface area contributed by atoms with Crippen molar-refractivity contribution in [2.75, 3.05) is 0 Å². The fraction of sp³-hybridized carbons (Fsp3) is 0.500. The first-order valence-corrected chi connectivity index (χ1v) is 1.85. The third kappa shape index (κ3) is 2.96. The van der Waals surface area contributed by atoms with Gasteiger partial charge in [-0.1, -0.05) is 0 Å². The fourth-order valence-electron chi connectivity index (χ4n) is 0.120. The first-order valence-electron chi connectivity index (χ1n) is 1.85. The highest BCUT2D eigenvalue weighted by molar-refractivity contribution is 5.58. The molecule has 0 unspecified atom stereocenters.